The number of ether oxygens (including phenoxy) is 2. The third kappa shape index (κ3) is 11.7. The third-order valence-electron chi connectivity index (χ3n) is 7.71. The van der Waals surface area contributed by atoms with Gasteiger partial charge in [0.1, 0.15) is 24.7 Å². The number of benzene rings is 6. The molecule has 8 heteroatoms. The molecule has 0 aliphatic rings. The number of carbonyl (C=O) groups excluding carboxylic acids is 2. The molecule has 0 fully saturated rings. The molecular weight excluding hydrogens is 673 g/mol. The van der Waals surface area contributed by atoms with Crippen molar-refractivity contribution in [3.8, 4) is 33.8 Å². The molecule has 0 aliphatic heterocycles. The molecule has 0 saturated heterocycles. The molecule has 51 heavy (non-hydrogen) atoms. The predicted octanol–water partition coefficient (Wildman–Crippen LogP) is 10.8. The Labute approximate surface area is 300 Å². The zero-order valence-corrected chi connectivity index (χ0v) is 28.2. The second-order valence-electron chi connectivity index (χ2n) is 11.6. The van der Waals surface area contributed by atoms with Crippen molar-refractivity contribution in [2.24, 2.45) is 0 Å². The van der Waals surface area contributed by atoms with Crippen LogP contribution in [0.2, 0.25) is 0 Å². The lowest BCUT2D eigenvalue weighted by atomic mass is 10.0. The minimum Gasteiger partial charge on any atom is -0.489 e. The van der Waals surface area contributed by atoms with Gasteiger partial charge in [-0.05, 0) is 80.4 Å². The molecular formula is C43H34ClF3O4. The SMILES string of the molecule is O=C(Cc1cccc(-c2cccc(OCc3ccccc3)c2)c1)C(F)(F)F.O=C(Cl)Cc1cccc(-c2cccc(OCc3ccccc3)c2)c1. The molecule has 6 aromatic rings. The number of halogens is 4. The summed E-state index contributed by atoms with van der Waals surface area (Å²) in [6.07, 6.45) is -5.25. The van der Waals surface area contributed by atoms with E-state index in [1.807, 2.05) is 133 Å². The van der Waals surface area contributed by atoms with E-state index in [0.29, 0.717) is 24.5 Å². The van der Waals surface area contributed by atoms with Crippen molar-refractivity contribution in [2.75, 3.05) is 0 Å². The van der Waals surface area contributed by atoms with Crippen molar-refractivity contribution < 1.29 is 32.2 Å². The van der Waals surface area contributed by atoms with E-state index in [4.69, 9.17) is 21.1 Å². The molecule has 0 heterocycles. The van der Waals surface area contributed by atoms with Crippen LogP contribution in [0.15, 0.2) is 158 Å². The molecule has 0 aromatic heterocycles. The van der Waals surface area contributed by atoms with E-state index in [9.17, 15) is 22.8 Å². The number of hydrogen-bond acceptors (Lipinski definition) is 4. The zero-order valence-electron chi connectivity index (χ0n) is 27.5. The van der Waals surface area contributed by atoms with Crippen molar-refractivity contribution in [3.63, 3.8) is 0 Å². The summed E-state index contributed by atoms with van der Waals surface area (Å²) in [6.45, 7) is 0.954. The summed E-state index contributed by atoms with van der Waals surface area (Å²) in [5.41, 5.74) is 7.02. The van der Waals surface area contributed by atoms with E-state index < -0.39 is 18.4 Å². The standard InChI is InChI=1S/C22H17F3O2.C21H17ClO2/c23-22(24,25)21(26)13-17-8-4-9-18(12-17)19-10-5-11-20(14-19)27-15-16-6-2-1-3-7-16;22-21(23)13-17-8-4-9-18(12-17)19-10-5-11-20(14-19)24-15-16-6-2-1-3-7-16/h1-12,14H,13,15H2;1-12,14H,13,15H2. The van der Waals surface area contributed by atoms with Gasteiger partial charge in [-0.2, -0.15) is 13.2 Å². The van der Waals surface area contributed by atoms with E-state index in [0.717, 1.165) is 44.7 Å². The van der Waals surface area contributed by atoms with E-state index in [1.54, 1.807) is 18.2 Å². The average molecular weight is 707 g/mol. The molecule has 258 valence electrons. The molecule has 0 aliphatic carbocycles. The Balaban J connectivity index is 0.000000199. The van der Waals surface area contributed by atoms with Gasteiger partial charge in [0.25, 0.3) is 0 Å². The maximum absolute atomic E-state index is 12.5. The topological polar surface area (TPSA) is 52.6 Å². The summed E-state index contributed by atoms with van der Waals surface area (Å²) >= 11 is 5.48. The molecule has 0 spiro atoms. The first-order valence-corrected chi connectivity index (χ1v) is 16.5. The average Bonchev–Trinajstić information content (AvgIpc) is 3.14. The third-order valence-corrected chi connectivity index (χ3v) is 7.84. The van der Waals surface area contributed by atoms with Crippen LogP contribution in [-0.4, -0.2) is 17.2 Å². The maximum Gasteiger partial charge on any atom is 0.450 e. The quantitative estimate of drug-likeness (QED) is 0.119. The monoisotopic (exact) mass is 706 g/mol. The summed E-state index contributed by atoms with van der Waals surface area (Å²) in [7, 11) is 0. The molecule has 0 atom stereocenters. The Hall–Kier alpha value is -5.66. The van der Waals surface area contributed by atoms with Crippen molar-refractivity contribution >= 4 is 22.6 Å². The van der Waals surface area contributed by atoms with Crippen LogP contribution in [0.5, 0.6) is 11.5 Å². The van der Waals surface area contributed by atoms with Gasteiger partial charge in [0, 0.05) is 12.8 Å². The minimum atomic E-state index is -4.82. The van der Waals surface area contributed by atoms with Crippen LogP contribution in [0.1, 0.15) is 22.3 Å². The minimum absolute atomic E-state index is 0.236. The zero-order chi connectivity index (χ0) is 36.1. The van der Waals surface area contributed by atoms with Gasteiger partial charge >= 0.3 is 6.18 Å². The molecule has 0 amide bonds. The van der Waals surface area contributed by atoms with Gasteiger partial charge in [-0.3, -0.25) is 9.59 Å². The van der Waals surface area contributed by atoms with Gasteiger partial charge in [-0.1, -0.05) is 133 Å². The van der Waals surface area contributed by atoms with Crippen molar-refractivity contribution in [2.45, 2.75) is 32.2 Å². The molecule has 0 unspecified atom stereocenters. The van der Waals surface area contributed by atoms with Crippen LogP contribution in [0, 0.1) is 0 Å². The van der Waals surface area contributed by atoms with Crippen LogP contribution < -0.4 is 9.47 Å². The number of carbonyl (C=O) groups is 2. The Morgan fingerprint density at radius 1 is 0.471 bits per heavy atom. The van der Waals surface area contributed by atoms with Gasteiger partial charge in [0.2, 0.25) is 11.0 Å². The smallest absolute Gasteiger partial charge is 0.450 e. The fourth-order valence-electron chi connectivity index (χ4n) is 5.18. The summed E-state index contributed by atoms with van der Waals surface area (Å²) < 4.78 is 49.1. The highest BCUT2D eigenvalue weighted by atomic mass is 35.5. The number of alkyl halides is 3. The molecule has 0 radical (unpaired) electrons. The lowest BCUT2D eigenvalue weighted by molar-refractivity contribution is -0.170. The van der Waals surface area contributed by atoms with E-state index in [1.165, 1.54) is 6.07 Å². The van der Waals surface area contributed by atoms with Crippen LogP contribution in [0.3, 0.4) is 0 Å². The lowest BCUT2D eigenvalue weighted by Crippen LogP contribution is -2.24. The highest BCUT2D eigenvalue weighted by molar-refractivity contribution is 6.63. The largest absolute Gasteiger partial charge is 0.489 e. The fraction of sp³-hybridized carbons (Fsp3) is 0.116. The number of ketones is 1. The van der Waals surface area contributed by atoms with Gasteiger partial charge in [0.15, 0.2) is 0 Å². The van der Waals surface area contributed by atoms with Crippen molar-refractivity contribution in [1.82, 2.24) is 0 Å². The van der Waals surface area contributed by atoms with Gasteiger partial charge in [-0.15, -0.1) is 0 Å². The summed E-state index contributed by atoms with van der Waals surface area (Å²) in [5, 5.41) is -0.355. The van der Waals surface area contributed by atoms with E-state index >= 15 is 0 Å². The Bertz CT molecular complexity index is 2050. The second kappa shape index (κ2) is 17.8. The Kier molecular flexibility index (Phi) is 12.8. The van der Waals surface area contributed by atoms with Crippen LogP contribution in [0.4, 0.5) is 13.2 Å². The molecule has 0 saturated carbocycles. The van der Waals surface area contributed by atoms with Crippen molar-refractivity contribution in [3.05, 3.63) is 180 Å². The predicted molar refractivity (Wildman–Crippen MR) is 195 cm³/mol. The Morgan fingerprint density at radius 3 is 1.25 bits per heavy atom. The number of hydrogen-bond donors (Lipinski definition) is 0. The van der Waals surface area contributed by atoms with Crippen LogP contribution in [-0.2, 0) is 35.6 Å². The molecule has 6 rings (SSSR count). The first kappa shape index (κ1) is 36.6. The normalized spacial score (nSPS) is 10.8. The second-order valence-corrected chi connectivity index (χ2v) is 12.1. The first-order chi connectivity index (χ1) is 24.6. The number of Topliss-reactive ketones (excluding diaryl/α,β-unsaturated/α-hetero) is 1. The Morgan fingerprint density at radius 2 is 0.843 bits per heavy atom. The van der Waals surface area contributed by atoms with Gasteiger partial charge < -0.3 is 9.47 Å². The fourth-order valence-corrected chi connectivity index (χ4v) is 5.33. The highest BCUT2D eigenvalue weighted by Gasteiger charge is 2.37. The van der Waals surface area contributed by atoms with Gasteiger partial charge in [-0.25, -0.2) is 0 Å². The van der Waals surface area contributed by atoms with Crippen molar-refractivity contribution in [1.29, 1.82) is 0 Å². The lowest BCUT2D eigenvalue weighted by Gasteiger charge is -2.10. The van der Waals surface area contributed by atoms with Crippen LogP contribution >= 0.6 is 11.6 Å². The summed E-state index contributed by atoms with van der Waals surface area (Å²) in [6, 6.07) is 49.4. The van der Waals surface area contributed by atoms with E-state index in [2.05, 4.69) is 0 Å². The van der Waals surface area contributed by atoms with E-state index in [-0.39, 0.29) is 11.7 Å². The van der Waals surface area contributed by atoms with Gasteiger partial charge in [0.05, 0.1) is 0 Å². The molecule has 0 N–H and O–H groups in total. The van der Waals surface area contributed by atoms with Crippen LogP contribution in [0.25, 0.3) is 22.3 Å². The summed E-state index contributed by atoms with van der Waals surface area (Å²) in [4.78, 5) is 22.3. The maximum atomic E-state index is 12.5. The summed E-state index contributed by atoms with van der Waals surface area (Å²) in [5.74, 6) is -0.275. The molecule has 0 bridgehead atoms. The highest BCUT2D eigenvalue weighted by Crippen LogP contribution is 2.28. The molecule has 4 nitrogen and oxygen atoms in total. The number of rotatable bonds is 12. The first-order valence-electron chi connectivity index (χ1n) is 16.1. The molecule has 6 aromatic carbocycles.